The van der Waals surface area contributed by atoms with Gasteiger partial charge in [0.15, 0.2) is 0 Å². The van der Waals surface area contributed by atoms with Crippen LogP contribution in [0.5, 0.6) is 0 Å². The molecule has 2 rings (SSSR count). The summed E-state index contributed by atoms with van der Waals surface area (Å²) >= 11 is 0. The van der Waals surface area contributed by atoms with Crippen molar-refractivity contribution in [2.75, 3.05) is 18.0 Å². The van der Waals surface area contributed by atoms with E-state index in [0.29, 0.717) is 6.04 Å². The zero-order valence-electron chi connectivity index (χ0n) is 6.33. The topological polar surface area (TPSA) is 57.9 Å². The molecule has 1 aliphatic heterocycles. The van der Waals surface area contributed by atoms with Crippen LogP contribution in [0.3, 0.4) is 0 Å². The van der Waals surface area contributed by atoms with Gasteiger partial charge in [-0.1, -0.05) is 0 Å². The van der Waals surface area contributed by atoms with Crippen molar-refractivity contribution in [1.82, 2.24) is 10.2 Å². The monoisotopic (exact) mass is 152 g/mol. The van der Waals surface area contributed by atoms with Crippen molar-refractivity contribution in [1.29, 1.82) is 0 Å². The molecule has 0 radical (unpaired) electrons. The third kappa shape index (κ3) is 1.21. The fourth-order valence-corrected chi connectivity index (χ4v) is 1.43. The van der Waals surface area contributed by atoms with E-state index in [9.17, 15) is 0 Å². The first-order valence-electron chi connectivity index (χ1n) is 3.86. The molecule has 1 aromatic rings. The lowest BCUT2D eigenvalue weighted by molar-refractivity contribution is 0.751. The highest BCUT2D eigenvalue weighted by molar-refractivity contribution is 5.38. The molecule has 0 spiro atoms. The molecular weight excluding hydrogens is 140 g/mol. The molecule has 1 aliphatic rings. The van der Waals surface area contributed by atoms with Crippen LogP contribution in [0, 0.1) is 0 Å². The van der Waals surface area contributed by atoms with Crippen LogP contribution in [0.15, 0.2) is 12.3 Å². The van der Waals surface area contributed by atoms with Crippen molar-refractivity contribution < 1.29 is 0 Å². The molecule has 0 amide bonds. The van der Waals surface area contributed by atoms with Crippen LogP contribution in [0.2, 0.25) is 0 Å². The van der Waals surface area contributed by atoms with E-state index in [2.05, 4.69) is 15.1 Å². The summed E-state index contributed by atoms with van der Waals surface area (Å²) in [6.45, 7) is 1.99. The smallest absolute Gasteiger partial charge is 0.124 e. The van der Waals surface area contributed by atoms with Gasteiger partial charge in [0, 0.05) is 25.2 Å². The van der Waals surface area contributed by atoms with E-state index in [4.69, 9.17) is 5.73 Å². The second-order valence-electron chi connectivity index (χ2n) is 2.94. The standard InChI is InChI=1S/C7H12N4/c8-6-2-4-11(5-6)7-1-3-9-10-7/h1,3,6H,2,4-5,8H2,(H,9,10). The van der Waals surface area contributed by atoms with E-state index >= 15 is 0 Å². The summed E-state index contributed by atoms with van der Waals surface area (Å²) < 4.78 is 0. The first-order chi connectivity index (χ1) is 5.36. The van der Waals surface area contributed by atoms with Crippen LogP contribution in [0.1, 0.15) is 6.42 Å². The number of anilines is 1. The average Bonchev–Trinajstić information content (AvgIpc) is 2.55. The minimum Gasteiger partial charge on any atom is -0.355 e. The van der Waals surface area contributed by atoms with Gasteiger partial charge in [0.1, 0.15) is 5.82 Å². The molecule has 2 heterocycles. The third-order valence-corrected chi connectivity index (χ3v) is 2.05. The zero-order valence-corrected chi connectivity index (χ0v) is 6.33. The molecule has 1 saturated heterocycles. The lowest BCUT2D eigenvalue weighted by Crippen LogP contribution is -2.26. The van der Waals surface area contributed by atoms with Crippen LogP contribution < -0.4 is 10.6 Å². The predicted octanol–water partition coefficient (Wildman–Crippen LogP) is -0.0529. The summed E-state index contributed by atoms with van der Waals surface area (Å²) in [5, 5.41) is 6.80. The molecule has 1 fully saturated rings. The van der Waals surface area contributed by atoms with E-state index < -0.39 is 0 Å². The Morgan fingerprint density at radius 1 is 1.73 bits per heavy atom. The SMILES string of the molecule is NC1CCN(c2ccn[nH]2)C1. The second-order valence-corrected chi connectivity index (χ2v) is 2.94. The Morgan fingerprint density at radius 3 is 3.18 bits per heavy atom. The quantitative estimate of drug-likeness (QED) is 0.593. The van der Waals surface area contributed by atoms with Crippen molar-refractivity contribution in [3.8, 4) is 0 Å². The maximum absolute atomic E-state index is 5.76. The first-order valence-corrected chi connectivity index (χ1v) is 3.86. The molecule has 3 N–H and O–H groups in total. The number of aromatic nitrogens is 2. The zero-order chi connectivity index (χ0) is 7.68. The van der Waals surface area contributed by atoms with E-state index in [-0.39, 0.29) is 0 Å². The Labute approximate surface area is 65.4 Å². The molecule has 1 unspecified atom stereocenters. The van der Waals surface area contributed by atoms with Crippen LogP contribution in [-0.2, 0) is 0 Å². The largest absolute Gasteiger partial charge is 0.355 e. The van der Waals surface area contributed by atoms with Crippen LogP contribution >= 0.6 is 0 Å². The third-order valence-electron chi connectivity index (χ3n) is 2.05. The van der Waals surface area contributed by atoms with E-state index in [1.165, 1.54) is 0 Å². The molecule has 4 heteroatoms. The second kappa shape index (κ2) is 2.54. The van der Waals surface area contributed by atoms with Gasteiger partial charge in [-0.3, -0.25) is 5.10 Å². The van der Waals surface area contributed by atoms with E-state index in [0.717, 1.165) is 25.3 Å². The van der Waals surface area contributed by atoms with Gasteiger partial charge in [-0.15, -0.1) is 0 Å². The number of rotatable bonds is 1. The number of nitrogens with zero attached hydrogens (tertiary/aromatic N) is 2. The van der Waals surface area contributed by atoms with Gasteiger partial charge in [0.2, 0.25) is 0 Å². The summed E-state index contributed by atoms with van der Waals surface area (Å²) in [4.78, 5) is 2.22. The molecule has 4 nitrogen and oxygen atoms in total. The van der Waals surface area contributed by atoms with Gasteiger partial charge in [0.25, 0.3) is 0 Å². The minimum absolute atomic E-state index is 0.332. The summed E-state index contributed by atoms with van der Waals surface area (Å²) in [5.41, 5.74) is 5.76. The van der Waals surface area contributed by atoms with Gasteiger partial charge >= 0.3 is 0 Å². The number of H-pyrrole nitrogens is 1. The van der Waals surface area contributed by atoms with Gasteiger partial charge < -0.3 is 10.6 Å². The Balaban J connectivity index is 2.08. The van der Waals surface area contributed by atoms with Crippen molar-refractivity contribution in [3.63, 3.8) is 0 Å². The number of hydrogen-bond donors (Lipinski definition) is 2. The summed E-state index contributed by atoms with van der Waals surface area (Å²) in [6, 6.07) is 2.30. The minimum atomic E-state index is 0.332. The summed E-state index contributed by atoms with van der Waals surface area (Å²) in [6.07, 6.45) is 2.85. The van der Waals surface area contributed by atoms with Crippen molar-refractivity contribution in [3.05, 3.63) is 12.3 Å². The maximum atomic E-state index is 5.76. The van der Waals surface area contributed by atoms with Crippen molar-refractivity contribution >= 4 is 5.82 Å². The van der Waals surface area contributed by atoms with Crippen LogP contribution in [0.4, 0.5) is 5.82 Å². The lowest BCUT2D eigenvalue weighted by Gasteiger charge is -2.14. The fourth-order valence-electron chi connectivity index (χ4n) is 1.43. The van der Waals surface area contributed by atoms with Gasteiger partial charge in [-0.25, -0.2) is 0 Å². The van der Waals surface area contributed by atoms with Crippen molar-refractivity contribution in [2.24, 2.45) is 5.73 Å². The molecular formula is C7H12N4. The number of aromatic amines is 1. The highest BCUT2D eigenvalue weighted by Crippen LogP contribution is 2.15. The number of nitrogens with two attached hydrogens (primary N) is 1. The normalized spacial score (nSPS) is 24.5. The molecule has 0 saturated carbocycles. The van der Waals surface area contributed by atoms with Crippen molar-refractivity contribution in [2.45, 2.75) is 12.5 Å². The Bertz CT molecular complexity index is 218. The predicted molar refractivity (Wildman–Crippen MR) is 43.4 cm³/mol. The highest BCUT2D eigenvalue weighted by atomic mass is 15.3. The first kappa shape index (κ1) is 6.67. The molecule has 1 atom stereocenters. The van der Waals surface area contributed by atoms with Gasteiger partial charge in [-0.05, 0) is 6.42 Å². The van der Waals surface area contributed by atoms with E-state index in [1.807, 2.05) is 6.07 Å². The summed E-state index contributed by atoms with van der Waals surface area (Å²) in [7, 11) is 0. The number of hydrogen-bond acceptors (Lipinski definition) is 3. The molecule has 0 bridgehead atoms. The maximum Gasteiger partial charge on any atom is 0.124 e. The average molecular weight is 152 g/mol. The highest BCUT2D eigenvalue weighted by Gasteiger charge is 2.19. The van der Waals surface area contributed by atoms with E-state index in [1.54, 1.807) is 6.20 Å². The Hall–Kier alpha value is -1.03. The van der Waals surface area contributed by atoms with Crippen LogP contribution in [0.25, 0.3) is 0 Å². The van der Waals surface area contributed by atoms with Gasteiger partial charge in [0.05, 0.1) is 6.20 Å². The molecule has 1 aromatic heterocycles. The lowest BCUT2D eigenvalue weighted by atomic mass is 10.3. The summed E-state index contributed by atoms with van der Waals surface area (Å²) in [5.74, 6) is 1.08. The molecule has 0 aromatic carbocycles. The number of nitrogens with one attached hydrogen (secondary N) is 1. The fraction of sp³-hybridized carbons (Fsp3) is 0.571. The van der Waals surface area contributed by atoms with Gasteiger partial charge in [-0.2, -0.15) is 5.10 Å². The van der Waals surface area contributed by atoms with Crippen LogP contribution in [-0.4, -0.2) is 29.3 Å². The Kier molecular flexibility index (Phi) is 1.54. The molecule has 11 heavy (non-hydrogen) atoms. The Morgan fingerprint density at radius 2 is 2.64 bits per heavy atom. The molecule has 60 valence electrons. The molecule has 0 aliphatic carbocycles.